The van der Waals surface area contributed by atoms with Crippen LogP contribution in [0.25, 0.3) is 0 Å². The highest BCUT2D eigenvalue weighted by molar-refractivity contribution is 6.08. The van der Waals surface area contributed by atoms with E-state index in [2.05, 4.69) is 0 Å². The molecular weight excluding hydrogens is 528 g/mol. The molecule has 12 heteroatoms. The van der Waals surface area contributed by atoms with Crippen LogP contribution < -0.4 is 0 Å². The van der Waals surface area contributed by atoms with Gasteiger partial charge in [-0.1, -0.05) is 0 Å². The van der Waals surface area contributed by atoms with Crippen molar-refractivity contribution in [2.24, 2.45) is 70.0 Å². The zero-order valence-corrected chi connectivity index (χ0v) is 22.7. The van der Waals surface area contributed by atoms with Crippen molar-refractivity contribution in [1.82, 2.24) is 0 Å². The summed E-state index contributed by atoms with van der Waals surface area (Å²) in [7, 11) is 7.35. The average Bonchev–Trinajstić information content (AvgIpc) is 3.69. The summed E-state index contributed by atoms with van der Waals surface area (Å²) in [4.78, 5) is 80.2. The molecule has 8 aliphatic carbocycles. The van der Waals surface area contributed by atoms with Crippen molar-refractivity contribution in [1.29, 1.82) is 0 Å². The molecular formula is C28H28O12. The van der Waals surface area contributed by atoms with E-state index in [0.717, 1.165) is 0 Å². The number of carbonyl (C=O) groups is 6. The van der Waals surface area contributed by atoms with Gasteiger partial charge in [0.05, 0.1) is 75.8 Å². The van der Waals surface area contributed by atoms with E-state index in [1.54, 1.807) is 0 Å². The quantitative estimate of drug-likeness (QED) is 0.315. The first-order chi connectivity index (χ1) is 19.1. The van der Waals surface area contributed by atoms with Crippen molar-refractivity contribution >= 4 is 35.8 Å². The van der Waals surface area contributed by atoms with Crippen molar-refractivity contribution < 1.29 is 57.2 Å². The fraction of sp³-hybridized carbons (Fsp3) is 0.643. The van der Waals surface area contributed by atoms with E-state index in [0.29, 0.717) is 0 Å². The lowest BCUT2D eigenvalue weighted by Crippen LogP contribution is -2.70. The van der Waals surface area contributed by atoms with Gasteiger partial charge in [0.15, 0.2) is 0 Å². The number of hydrogen-bond acceptors (Lipinski definition) is 12. The fourth-order valence-electron chi connectivity index (χ4n) is 11.8. The molecule has 4 unspecified atom stereocenters. The highest BCUT2D eigenvalue weighted by Crippen LogP contribution is 2.99. The van der Waals surface area contributed by atoms with Gasteiger partial charge < -0.3 is 28.4 Å². The topological polar surface area (TPSA) is 158 Å². The molecule has 8 bridgehead atoms. The summed E-state index contributed by atoms with van der Waals surface area (Å²) in [5.41, 5.74) is -2.25. The standard InChI is InChI=1S/C28H28O12/c1-35-21(29)11-7-8(12(11)22(30)36-2)18-15-16-19-9-10(14(24(32)38-4)13(9)23(31)37-3)20(16)28(18,26(34)40-6)27(19,17(7)15)25(33)39-5/h7-10,15-20H,1-6H3/t7-,8+,9+,10-,15?,16?,17+,18-,19-,20+,27?,28?. The number of fused-ring (bicyclic) bond motifs is 2. The second-order valence-corrected chi connectivity index (χ2v) is 11.7. The molecule has 6 saturated carbocycles. The first kappa shape index (κ1) is 25.3. The number of rotatable bonds is 6. The maximum Gasteiger partial charge on any atom is 0.334 e. The van der Waals surface area contributed by atoms with Crippen LogP contribution in [0.1, 0.15) is 0 Å². The fourth-order valence-corrected chi connectivity index (χ4v) is 11.8. The van der Waals surface area contributed by atoms with Gasteiger partial charge in [0.25, 0.3) is 0 Å². The lowest BCUT2D eigenvalue weighted by molar-refractivity contribution is -0.210. The van der Waals surface area contributed by atoms with E-state index < -0.39 is 94.0 Å². The third kappa shape index (κ3) is 2.02. The number of methoxy groups -OCH3 is 6. The molecule has 12 nitrogen and oxygen atoms in total. The molecule has 0 aromatic rings. The summed E-state index contributed by atoms with van der Waals surface area (Å²) in [6, 6.07) is 0. The van der Waals surface area contributed by atoms with Crippen LogP contribution in [-0.2, 0) is 57.2 Å². The molecule has 0 N–H and O–H groups in total. The Hall–Kier alpha value is -3.70. The number of hydrogen-bond donors (Lipinski definition) is 0. The molecule has 0 saturated heterocycles. The normalized spacial score (nSPS) is 44.9. The average molecular weight is 557 g/mol. The number of carbonyl (C=O) groups excluding carboxylic acids is 6. The first-order valence-corrected chi connectivity index (χ1v) is 13.1. The lowest BCUT2D eigenvalue weighted by Gasteiger charge is -2.63. The van der Waals surface area contributed by atoms with E-state index >= 15 is 0 Å². The van der Waals surface area contributed by atoms with Crippen LogP contribution >= 0.6 is 0 Å². The molecule has 0 radical (unpaired) electrons. The van der Waals surface area contributed by atoms with Crippen molar-refractivity contribution in [3.63, 3.8) is 0 Å². The summed E-state index contributed by atoms with van der Waals surface area (Å²) >= 11 is 0. The predicted octanol–water partition coefficient (Wildman–Crippen LogP) is -0.152. The van der Waals surface area contributed by atoms with Crippen LogP contribution in [0, 0.1) is 70.0 Å². The molecule has 0 aromatic carbocycles. The van der Waals surface area contributed by atoms with Gasteiger partial charge in [0, 0.05) is 23.7 Å². The Labute approximate surface area is 228 Å². The van der Waals surface area contributed by atoms with Gasteiger partial charge in [-0.2, -0.15) is 0 Å². The zero-order chi connectivity index (χ0) is 28.8. The Kier molecular flexibility index (Phi) is 4.75. The van der Waals surface area contributed by atoms with Crippen LogP contribution in [-0.4, -0.2) is 78.5 Å². The highest BCUT2D eigenvalue weighted by Gasteiger charge is 3.03. The first-order valence-electron chi connectivity index (χ1n) is 13.1. The number of ether oxygens (including phenoxy) is 6. The Bertz CT molecular complexity index is 1230. The molecule has 0 aromatic heterocycles. The maximum absolute atomic E-state index is 14.1. The molecule has 40 heavy (non-hydrogen) atoms. The molecule has 6 fully saturated rings. The third-order valence-corrected chi connectivity index (χ3v) is 11.8. The van der Waals surface area contributed by atoms with Crippen LogP contribution in [0.5, 0.6) is 0 Å². The van der Waals surface area contributed by atoms with Gasteiger partial charge in [-0.3, -0.25) is 9.59 Å². The van der Waals surface area contributed by atoms with Crippen molar-refractivity contribution in [3.05, 3.63) is 22.3 Å². The van der Waals surface area contributed by atoms with Crippen molar-refractivity contribution in [3.8, 4) is 0 Å². The Morgan fingerprint density at radius 3 is 0.825 bits per heavy atom. The smallest absolute Gasteiger partial charge is 0.334 e. The minimum absolute atomic E-state index is 0.158. The summed E-state index contributed by atoms with van der Waals surface area (Å²) in [5, 5.41) is 0. The van der Waals surface area contributed by atoms with Crippen molar-refractivity contribution in [2.45, 2.75) is 0 Å². The van der Waals surface area contributed by atoms with E-state index in [-0.39, 0.29) is 34.1 Å². The summed E-state index contributed by atoms with van der Waals surface area (Å²) in [5.74, 6) is -8.84. The summed E-state index contributed by atoms with van der Waals surface area (Å²) in [6.45, 7) is 0. The molecule has 8 aliphatic rings. The second-order valence-electron chi connectivity index (χ2n) is 11.7. The Balaban J connectivity index is 1.50. The highest BCUT2D eigenvalue weighted by atomic mass is 16.5. The van der Waals surface area contributed by atoms with Gasteiger partial charge in [0.1, 0.15) is 0 Å². The minimum atomic E-state index is -1.44. The van der Waals surface area contributed by atoms with Gasteiger partial charge in [-0.25, -0.2) is 19.2 Å². The van der Waals surface area contributed by atoms with Gasteiger partial charge in [-0.05, 0) is 35.5 Å². The number of esters is 6. The van der Waals surface area contributed by atoms with Crippen molar-refractivity contribution in [2.75, 3.05) is 42.7 Å². The minimum Gasteiger partial charge on any atom is -0.469 e. The second kappa shape index (κ2) is 7.52. The van der Waals surface area contributed by atoms with E-state index in [4.69, 9.17) is 28.4 Å². The zero-order valence-electron chi connectivity index (χ0n) is 22.7. The maximum atomic E-state index is 14.1. The van der Waals surface area contributed by atoms with Crippen LogP contribution in [0.15, 0.2) is 22.3 Å². The molecule has 0 spiro atoms. The van der Waals surface area contributed by atoms with Gasteiger partial charge in [0.2, 0.25) is 0 Å². The third-order valence-electron chi connectivity index (χ3n) is 11.8. The van der Waals surface area contributed by atoms with Crippen LogP contribution in [0.2, 0.25) is 0 Å². The summed E-state index contributed by atoms with van der Waals surface area (Å²) in [6.07, 6.45) is 0. The van der Waals surface area contributed by atoms with E-state index in [1.165, 1.54) is 42.7 Å². The monoisotopic (exact) mass is 556 g/mol. The van der Waals surface area contributed by atoms with Gasteiger partial charge in [-0.15, -0.1) is 0 Å². The molecule has 0 heterocycles. The molecule has 212 valence electrons. The molecule has 0 aliphatic heterocycles. The molecule has 0 amide bonds. The van der Waals surface area contributed by atoms with Crippen LogP contribution in [0.4, 0.5) is 0 Å². The Morgan fingerprint density at radius 2 is 0.650 bits per heavy atom. The largest absolute Gasteiger partial charge is 0.469 e. The van der Waals surface area contributed by atoms with E-state index in [1.807, 2.05) is 0 Å². The Morgan fingerprint density at radius 1 is 0.425 bits per heavy atom. The predicted molar refractivity (Wildman–Crippen MR) is 126 cm³/mol. The summed E-state index contributed by atoms with van der Waals surface area (Å²) < 4.78 is 31.0. The lowest BCUT2D eigenvalue weighted by atomic mass is 9.37. The molecule has 8 rings (SSSR count). The molecule has 12 atom stereocenters. The van der Waals surface area contributed by atoms with Crippen LogP contribution in [0.3, 0.4) is 0 Å². The van der Waals surface area contributed by atoms with E-state index in [9.17, 15) is 28.8 Å². The van der Waals surface area contributed by atoms with Gasteiger partial charge >= 0.3 is 35.8 Å². The SMILES string of the molecule is COC(=O)C1=C(C(=O)OC)[C@H]2[C@@H]1[C@@H]1C3C4[C@@H]5[C@H]6C(C(=O)OC)=C(C(=O)OC)[C@H]6[C@H]4C(C(=O)OC)([C@H]32)C51C(=O)OC.